The van der Waals surface area contributed by atoms with Crippen molar-refractivity contribution in [3.8, 4) is 5.75 Å². The van der Waals surface area contributed by atoms with Gasteiger partial charge in [0, 0.05) is 24.1 Å². The first-order valence-corrected chi connectivity index (χ1v) is 8.75. The summed E-state index contributed by atoms with van der Waals surface area (Å²) < 4.78 is 46.7. The molecule has 4 rings (SSSR count). The van der Waals surface area contributed by atoms with Crippen LogP contribution in [0, 0.1) is 10.1 Å². The zero-order chi connectivity index (χ0) is 20.3. The quantitative estimate of drug-likeness (QED) is 0.446. The van der Waals surface area contributed by atoms with Crippen LogP contribution < -0.4 is 15.0 Å². The van der Waals surface area contributed by atoms with E-state index in [-0.39, 0.29) is 22.9 Å². The van der Waals surface area contributed by atoms with Crippen molar-refractivity contribution in [1.29, 1.82) is 0 Å². The fraction of sp³-hybridized carbons (Fsp3) is 0.278. The van der Waals surface area contributed by atoms with Gasteiger partial charge in [0.1, 0.15) is 5.75 Å². The molecule has 6 nitrogen and oxygen atoms in total. The SMILES string of the molecule is CC12CC(NC(=S)N1c1ccccc1C(F)(F)F)c1cc([N+](=O)[O-])ccc1O2. The van der Waals surface area contributed by atoms with Gasteiger partial charge in [-0.05, 0) is 37.3 Å². The fourth-order valence-electron chi connectivity index (χ4n) is 3.75. The summed E-state index contributed by atoms with van der Waals surface area (Å²) in [6.07, 6.45) is -4.31. The highest BCUT2D eigenvalue weighted by molar-refractivity contribution is 7.80. The zero-order valence-electron chi connectivity index (χ0n) is 14.5. The number of rotatable bonds is 2. The normalized spacial score (nSPS) is 23.5. The maximum absolute atomic E-state index is 13.5. The number of ether oxygens (including phenoxy) is 1. The Bertz CT molecular complexity index is 998. The molecule has 2 heterocycles. The molecule has 0 saturated carbocycles. The summed E-state index contributed by atoms with van der Waals surface area (Å²) in [6.45, 7) is 1.66. The molecule has 0 radical (unpaired) electrons. The lowest BCUT2D eigenvalue weighted by atomic mass is 9.89. The maximum Gasteiger partial charge on any atom is 0.418 e. The molecule has 28 heavy (non-hydrogen) atoms. The Morgan fingerprint density at radius 3 is 2.71 bits per heavy atom. The van der Waals surface area contributed by atoms with Gasteiger partial charge in [-0.3, -0.25) is 15.0 Å². The van der Waals surface area contributed by atoms with E-state index >= 15 is 0 Å². The number of hydrogen-bond donors (Lipinski definition) is 1. The molecule has 2 aromatic rings. The number of anilines is 1. The molecule has 2 unspecified atom stereocenters. The first-order chi connectivity index (χ1) is 13.1. The Kier molecular flexibility index (Phi) is 4.00. The van der Waals surface area contributed by atoms with Gasteiger partial charge >= 0.3 is 6.18 Å². The van der Waals surface area contributed by atoms with Crippen LogP contribution in [0.5, 0.6) is 5.75 Å². The van der Waals surface area contributed by atoms with E-state index in [0.717, 1.165) is 6.07 Å². The maximum atomic E-state index is 13.5. The minimum atomic E-state index is -4.56. The Hall–Kier alpha value is -2.88. The second-order valence-corrected chi connectivity index (χ2v) is 7.20. The van der Waals surface area contributed by atoms with E-state index < -0.39 is 28.4 Å². The molecule has 0 amide bonds. The summed E-state index contributed by atoms with van der Waals surface area (Å²) in [5, 5.41) is 14.1. The Morgan fingerprint density at radius 2 is 2.04 bits per heavy atom. The van der Waals surface area contributed by atoms with Crippen LogP contribution in [0.25, 0.3) is 0 Å². The molecule has 0 aromatic heterocycles. The van der Waals surface area contributed by atoms with Crippen molar-refractivity contribution in [2.45, 2.75) is 31.3 Å². The number of nitrogens with one attached hydrogen (secondary N) is 1. The smallest absolute Gasteiger partial charge is 0.418 e. The molecule has 2 bridgehead atoms. The molecule has 2 aliphatic rings. The van der Waals surface area contributed by atoms with Gasteiger partial charge in [0.25, 0.3) is 5.69 Å². The highest BCUT2D eigenvalue weighted by Crippen LogP contribution is 2.48. The minimum Gasteiger partial charge on any atom is -0.467 e. The van der Waals surface area contributed by atoms with Crippen molar-refractivity contribution in [2.24, 2.45) is 0 Å². The summed E-state index contributed by atoms with van der Waals surface area (Å²) in [7, 11) is 0. The molecule has 0 spiro atoms. The lowest BCUT2D eigenvalue weighted by Gasteiger charge is -2.52. The van der Waals surface area contributed by atoms with Gasteiger partial charge in [-0.15, -0.1) is 0 Å². The third kappa shape index (κ3) is 2.84. The van der Waals surface area contributed by atoms with Gasteiger partial charge < -0.3 is 10.1 Å². The van der Waals surface area contributed by atoms with Crippen molar-refractivity contribution in [1.82, 2.24) is 5.32 Å². The van der Waals surface area contributed by atoms with Gasteiger partial charge in [0.15, 0.2) is 10.8 Å². The fourth-order valence-corrected chi connectivity index (χ4v) is 4.18. The Morgan fingerprint density at radius 1 is 1.32 bits per heavy atom. The lowest BCUT2D eigenvalue weighted by Crippen LogP contribution is -2.65. The minimum absolute atomic E-state index is 0.0626. The molecular formula is C18H14F3N3O3S. The molecule has 0 aliphatic carbocycles. The average Bonchev–Trinajstić information content (AvgIpc) is 2.60. The molecule has 10 heteroatoms. The van der Waals surface area contributed by atoms with Crippen LogP contribution in [0.1, 0.15) is 30.5 Å². The van der Waals surface area contributed by atoms with Crippen molar-refractivity contribution in [2.75, 3.05) is 4.90 Å². The van der Waals surface area contributed by atoms with Crippen molar-refractivity contribution < 1.29 is 22.8 Å². The van der Waals surface area contributed by atoms with E-state index in [0.29, 0.717) is 11.3 Å². The van der Waals surface area contributed by atoms with E-state index in [1.807, 2.05) is 0 Å². The van der Waals surface area contributed by atoms with Crippen LogP contribution in [0.3, 0.4) is 0 Å². The zero-order valence-corrected chi connectivity index (χ0v) is 15.3. The number of fused-ring (bicyclic) bond motifs is 4. The second-order valence-electron chi connectivity index (χ2n) is 6.81. The van der Waals surface area contributed by atoms with Crippen molar-refractivity contribution in [3.05, 3.63) is 63.7 Å². The van der Waals surface area contributed by atoms with Crippen LogP contribution in [0.2, 0.25) is 0 Å². The molecule has 2 atom stereocenters. The van der Waals surface area contributed by atoms with Crippen LogP contribution in [0.4, 0.5) is 24.5 Å². The molecule has 146 valence electrons. The van der Waals surface area contributed by atoms with Gasteiger partial charge in [0.05, 0.1) is 22.2 Å². The topological polar surface area (TPSA) is 67.6 Å². The number of benzene rings is 2. The van der Waals surface area contributed by atoms with E-state index in [2.05, 4.69) is 5.32 Å². The van der Waals surface area contributed by atoms with Crippen LogP contribution >= 0.6 is 12.2 Å². The van der Waals surface area contributed by atoms with E-state index in [1.54, 1.807) is 6.92 Å². The number of thiocarbonyl (C=S) groups is 1. The summed E-state index contributed by atoms with van der Waals surface area (Å²) >= 11 is 5.36. The van der Waals surface area contributed by atoms with Crippen LogP contribution in [-0.2, 0) is 6.18 Å². The summed E-state index contributed by atoms with van der Waals surface area (Å²) in [6, 6.07) is 8.91. The van der Waals surface area contributed by atoms with Crippen molar-refractivity contribution in [3.63, 3.8) is 0 Å². The highest BCUT2D eigenvalue weighted by atomic mass is 32.1. The number of para-hydroxylation sites is 1. The number of alkyl halides is 3. The van der Waals surface area contributed by atoms with Crippen molar-refractivity contribution >= 4 is 28.7 Å². The predicted molar refractivity (Wildman–Crippen MR) is 99.1 cm³/mol. The first kappa shape index (κ1) is 18.5. The standard InChI is InChI=1S/C18H14F3N3O3S/c1-17-9-13(11-8-10(24(25)26)6-7-15(11)27-17)22-16(28)23(17)14-5-3-2-4-12(14)18(19,20)21/h2-8,13H,9H2,1H3,(H,22,28). The molecule has 2 aliphatic heterocycles. The summed E-state index contributed by atoms with van der Waals surface area (Å²) in [5.74, 6) is 0.369. The van der Waals surface area contributed by atoms with E-state index in [1.165, 1.54) is 41.3 Å². The third-order valence-electron chi connectivity index (χ3n) is 4.92. The lowest BCUT2D eigenvalue weighted by molar-refractivity contribution is -0.385. The number of nitro benzene ring substituents is 1. The number of nitrogens with zero attached hydrogens (tertiary/aromatic N) is 2. The van der Waals surface area contributed by atoms with Gasteiger partial charge in [-0.2, -0.15) is 13.2 Å². The first-order valence-electron chi connectivity index (χ1n) is 8.34. The average molecular weight is 409 g/mol. The monoisotopic (exact) mass is 409 g/mol. The molecular weight excluding hydrogens is 395 g/mol. The Labute approximate surface area is 163 Å². The van der Waals surface area contributed by atoms with Gasteiger partial charge in [-0.25, -0.2) is 0 Å². The van der Waals surface area contributed by atoms with Gasteiger partial charge in [-0.1, -0.05) is 12.1 Å². The number of halogens is 3. The van der Waals surface area contributed by atoms with Crippen LogP contribution in [-0.4, -0.2) is 15.8 Å². The van der Waals surface area contributed by atoms with E-state index in [4.69, 9.17) is 17.0 Å². The molecule has 2 aromatic carbocycles. The molecule has 1 N–H and O–H groups in total. The van der Waals surface area contributed by atoms with E-state index in [9.17, 15) is 23.3 Å². The highest BCUT2D eigenvalue weighted by Gasteiger charge is 2.50. The number of hydrogen-bond acceptors (Lipinski definition) is 4. The largest absolute Gasteiger partial charge is 0.467 e. The molecule has 1 fully saturated rings. The van der Waals surface area contributed by atoms with Gasteiger partial charge in [0.2, 0.25) is 0 Å². The second kappa shape index (κ2) is 6.06. The summed E-state index contributed by atoms with van der Waals surface area (Å²) in [4.78, 5) is 11.9. The third-order valence-corrected chi connectivity index (χ3v) is 5.22. The Balaban J connectivity index is 1.82. The number of non-ortho nitro benzene ring substituents is 1. The molecule has 1 saturated heterocycles. The predicted octanol–water partition coefficient (Wildman–Crippen LogP) is 4.55. The summed E-state index contributed by atoms with van der Waals surface area (Å²) in [5.41, 5.74) is -1.66. The van der Waals surface area contributed by atoms with Crippen LogP contribution in [0.15, 0.2) is 42.5 Å². The number of nitro groups is 1.